The van der Waals surface area contributed by atoms with Crippen LogP contribution in [0.4, 0.5) is 0 Å². The quantitative estimate of drug-likeness (QED) is 0.0261. The van der Waals surface area contributed by atoms with Crippen molar-refractivity contribution in [3.05, 3.63) is 170 Å². The molecule has 0 aromatic heterocycles. The molecule has 0 N–H and O–H groups in total. The largest absolute Gasteiger partial charge is 0.462 e. The van der Waals surface area contributed by atoms with Crippen LogP contribution in [0.3, 0.4) is 0 Å². The van der Waals surface area contributed by atoms with Gasteiger partial charge in [-0.25, -0.2) is 0 Å². The molecule has 0 aromatic carbocycles. The van der Waals surface area contributed by atoms with Gasteiger partial charge in [-0.3, -0.25) is 14.4 Å². The van der Waals surface area contributed by atoms with E-state index in [1.54, 1.807) is 6.08 Å². The van der Waals surface area contributed by atoms with Crippen molar-refractivity contribution in [2.45, 2.75) is 245 Å². The predicted octanol–water partition coefficient (Wildman–Crippen LogP) is 21.1. The lowest BCUT2D eigenvalue weighted by atomic mass is 10.1. The molecule has 0 rings (SSSR count). The van der Waals surface area contributed by atoms with Gasteiger partial charge in [-0.05, 0) is 135 Å². The molecule has 0 fully saturated rings. The molecule has 77 heavy (non-hydrogen) atoms. The molecule has 1 unspecified atom stereocenters. The maximum atomic E-state index is 12.8. The SMILES string of the molecule is CC/C=C\C/C=C\C/C=C\C/C=C\C/C=C\C/C=C\C/C=C\CCCCCCCCCC(=O)OCC(COC(=O)CCCCCCC/C=C\C/C=C\CCCCC)OC(=O)C/C=C\C/C=C\C/C=C\C/C=C\C/C=C\CC. The summed E-state index contributed by atoms with van der Waals surface area (Å²) in [5.41, 5.74) is 0. The Balaban J connectivity index is 4.45. The second-order valence-electron chi connectivity index (χ2n) is 19.5. The number of esters is 3. The van der Waals surface area contributed by atoms with Crippen molar-refractivity contribution in [1.82, 2.24) is 0 Å². The average Bonchev–Trinajstić information content (AvgIpc) is 3.43. The number of carbonyl (C=O) groups excluding carboxylic acids is 3. The molecular formula is C71H110O6. The highest BCUT2D eigenvalue weighted by Gasteiger charge is 2.19. The van der Waals surface area contributed by atoms with Gasteiger partial charge in [0.25, 0.3) is 0 Å². The fourth-order valence-corrected chi connectivity index (χ4v) is 7.70. The van der Waals surface area contributed by atoms with Gasteiger partial charge in [0.15, 0.2) is 6.10 Å². The first-order chi connectivity index (χ1) is 38.0. The summed E-state index contributed by atoms with van der Waals surface area (Å²) in [6.45, 7) is 6.26. The smallest absolute Gasteiger partial charge is 0.310 e. The molecule has 0 aliphatic carbocycles. The Bertz CT molecular complexity index is 1790. The molecule has 430 valence electrons. The van der Waals surface area contributed by atoms with Crippen LogP contribution in [0, 0.1) is 0 Å². The van der Waals surface area contributed by atoms with Gasteiger partial charge in [0.1, 0.15) is 13.2 Å². The van der Waals surface area contributed by atoms with Crippen LogP contribution in [0.2, 0.25) is 0 Å². The lowest BCUT2D eigenvalue weighted by Crippen LogP contribution is -2.30. The zero-order chi connectivity index (χ0) is 55.7. The van der Waals surface area contributed by atoms with E-state index in [-0.39, 0.29) is 31.6 Å². The maximum Gasteiger partial charge on any atom is 0.310 e. The molecule has 0 aliphatic heterocycles. The number of hydrogen-bond acceptors (Lipinski definition) is 6. The first kappa shape index (κ1) is 71.8. The minimum Gasteiger partial charge on any atom is -0.462 e. The van der Waals surface area contributed by atoms with Gasteiger partial charge in [0, 0.05) is 12.8 Å². The van der Waals surface area contributed by atoms with Gasteiger partial charge in [-0.15, -0.1) is 0 Å². The maximum absolute atomic E-state index is 12.8. The van der Waals surface area contributed by atoms with Crippen LogP contribution in [0.25, 0.3) is 0 Å². The van der Waals surface area contributed by atoms with E-state index in [1.165, 1.54) is 44.9 Å². The van der Waals surface area contributed by atoms with Crippen molar-refractivity contribution < 1.29 is 28.6 Å². The van der Waals surface area contributed by atoms with Crippen molar-refractivity contribution in [2.75, 3.05) is 13.2 Å². The first-order valence-corrected chi connectivity index (χ1v) is 30.6. The summed E-state index contributed by atoms with van der Waals surface area (Å²) in [6.07, 6.45) is 93.8. The van der Waals surface area contributed by atoms with Crippen molar-refractivity contribution in [3.8, 4) is 0 Å². The Kier molecular flexibility index (Phi) is 59.0. The second kappa shape index (κ2) is 63.3. The van der Waals surface area contributed by atoms with Gasteiger partial charge < -0.3 is 14.2 Å². The Morgan fingerprint density at radius 3 is 0.857 bits per heavy atom. The van der Waals surface area contributed by atoms with Gasteiger partial charge in [-0.1, -0.05) is 255 Å². The topological polar surface area (TPSA) is 78.9 Å². The third-order valence-corrected chi connectivity index (χ3v) is 12.2. The van der Waals surface area contributed by atoms with Crippen LogP contribution in [-0.2, 0) is 28.6 Å². The molecule has 0 radical (unpaired) electrons. The number of ether oxygens (including phenoxy) is 3. The lowest BCUT2D eigenvalue weighted by molar-refractivity contribution is -0.166. The summed E-state index contributed by atoms with van der Waals surface area (Å²) >= 11 is 0. The Morgan fingerprint density at radius 2 is 0.545 bits per heavy atom. The highest BCUT2D eigenvalue weighted by atomic mass is 16.6. The molecule has 0 amide bonds. The lowest BCUT2D eigenvalue weighted by Gasteiger charge is -2.18. The van der Waals surface area contributed by atoms with Gasteiger partial charge in [-0.2, -0.15) is 0 Å². The van der Waals surface area contributed by atoms with Crippen LogP contribution in [0.15, 0.2) is 170 Å². The number of carbonyl (C=O) groups is 3. The minimum absolute atomic E-state index is 0.0830. The molecular weight excluding hydrogens is 949 g/mol. The molecule has 0 aromatic rings. The van der Waals surface area contributed by atoms with Crippen LogP contribution in [0.5, 0.6) is 0 Å². The second-order valence-corrected chi connectivity index (χ2v) is 19.5. The fourth-order valence-electron chi connectivity index (χ4n) is 7.70. The molecule has 0 bridgehead atoms. The number of rotatable bonds is 53. The van der Waals surface area contributed by atoms with Crippen LogP contribution in [-0.4, -0.2) is 37.2 Å². The predicted molar refractivity (Wildman–Crippen MR) is 334 cm³/mol. The van der Waals surface area contributed by atoms with Gasteiger partial charge in [0.05, 0.1) is 6.42 Å². The van der Waals surface area contributed by atoms with E-state index in [1.807, 2.05) is 6.08 Å². The van der Waals surface area contributed by atoms with Crippen molar-refractivity contribution in [1.29, 1.82) is 0 Å². The van der Waals surface area contributed by atoms with Crippen molar-refractivity contribution in [2.24, 2.45) is 0 Å². The normalized spacial score (nSPS) is 13.3. The minimum atomic E-state index is -0.853. The van der Waals surface area contributed by atoms with E-state index in [0.717, 1.165) is 148 Å². The monoisotopic (exact) mass is 1060 g/mol. The fraction of sp³-hybridized carbons (Fsp3) is 0.563. The molecule has 6 heteroatoms. The molecule has 0 saturated heterocycles. The van der Waals surface area contributed by atoms with E-state index in [9.17, 15) is 14.4 Å². The molecule has 0 heterocycles. The highest BCUT2D eigenvalue weighted by Crippen LogP contribution is 2.13. The average molecular weight is 1060 g/mol. The first-order valence-electron chi connectivity index (χ1n) is 30.6. The van der Waals surface area contributed by atoms with E-state index in [0.29, 0.717) is 19.3 Å². The molecule has 0 aliphatic rings. The Morgan fingerprint density at radius 1 is 0.286 bits per heavy atom. The van der Waals surface area contributed by atoms with E-state index >= 15 is 0 Å². The summed E-state index contributed by atoms with van der Waals surface area (Å²) < 4.78 is 16.7. The van der Waals surface area contributed by atoms with E-state index in [4.69, 9.17) is 14.2 Å². The summed E-state index contributed by atoms with van der Waals surface area (Å²) in [6, 6.07) is 0. The van der Waals surface area contributed by atoms with Crippen LogP contribution in [0.1, 0.15) is 239 Å². The van der Waals surface area contributed by atoms with E-state index in [2.05, 4.69) is 179 Å². The summed E-state index contributed by atoms with van der Waals surface area (Å²) in [5, 5.41) is 0. The molecule has 1 atom stereocenters. The van der Waals surface area contributed by atoms with Crippen molar-refractivity contribution >= 4 is 17.9 Å². The number of hydrogen-bond donors (Lipinski definition) is 0. The van der Waals surface area contributed by atoms with Crippen LogP contribution < -0.4 is 0 Å². The summed E-state index contributed by atoms with van der Waals surface area (Å²) in [7, 11) is 0. The standard InChI is InChI=1S/C71H110O6/c1-4-7-10-13-16-19-22-25-28-29-30-31-32-33-34-35-36-37-38-39-40-41-44-46-49-52-55-58-61-64-70(73)76-67-68(77-71(74)65-62-59-56-53-50-47-43-27-24-21-18-15-12-9-6-3)66-75-69(72)63-60-57-54-51-48-45-42-26-23-20-17-14-11-8-5-2/h7,9-10,12,16-21,25-28,30-31,33-34,36-37,39-40,42-43,50,53,59,62,68H,4-6,8,11,13-15,22-24,29,32,35,38,41,44-49,51-52,54-58,60-61,63-67H2,1-3H3/b10-7-,12-9-,19-16-,20-17-,21-18-,28-25-,31-30-,34-33-,37-36-,40-39-,42-26-,43-27-,53-50-,62-59-. The Hall–Kier alpha value is -5.23. The van der Waals surface area contributed by atoms with Gasteiger partial charge >= 0.3 is 17.9 Å². The summed E-state index contributed by atoms with van der Waals surface area (Å²) in [4.78, 5) is 38.2. The van der Waals surface area contributed by atoms with Crippen molar-refractivity contribution in [3.63, 3.8) is 0 Å². The van der Waals surface area contributed by atoms with Gasteiger partial charge in [0.2, 0.25) is 0 Å². The van der Waals surface area contributed by atoms with Crippen LogP contribution >= 0.6 is 0 Å². The van der Waals surface area contributed by atoms with E-state index < -0.39 is 12.1 Å². The third-order valence-electron chi connectivity index (χ3n) is 12.2. The number of unbranched alkanes of at least 4 members (excludes halogenated alkanes) is 15. The molecule has 0 spiro atoms. The zero-order valence-electron chi connectivity index (χ0n) is 49.1. The molecule has 0 saturated carbocycles. The molecule has 6 nitrogen and oxygen atoms in total. The summed E-state index contributed by atoms with van der Waals surface area (Å²) in [5.74, 6) is -1.10. The Labute approximate surface area is 472 Å². The third kappa shape index (κ3) is 61.5. The highest BCUT2D eigenvalue weighted by molar-refractivity contribution is 5.72. The zero-order valence-corrected chi connectivity index (χ0v) is 49.1. The number of allylic oxidation sites excluding steroid dienone is 27.